The third-order valence-electron chi connectivity index (χ3n) is 3.75. The molecule has 0 radical (unpaired) electrons. The zero-order valence-corrected chi connectivity index (χ0v) is 11.1. The van der Waals surface area contributed by atoms with Gasteiger partial charge >= 0.3 is 0 Å². The monoisotopic (exact) mass is 258 g/mol. The molecule has 1 aromatic heterocycles. The lowest BCUT2D eigenvalue weighted by Gasteiger charge is -2.08. The van der Waals surface area contributed by atoms with Crippen LogP contribution in [0.25, 0.3) is 5.69 Å². The summed E-state index contributed by atoms with van der Waals surface area (Å²) in [5.41, 5.74) is 2.89. The third kappa shape index (κ3) is 2.07. The molecular formula is C15H18N2O2. The van der Waals surface area contributed by atoms with Crippen molar-refractivity contribution in [1.29, 1.82) is 0 Å². The average Bonchev–Trinajstić information content (AvgIpc) is 2.64. The van der Waals surface area contributed by atoms with Crippen LogP contribution in [0.3, 0.4) is 0 Å². The summed E-state index contributed by atoms with van der Waals surface area (Å²) in [4.78, 5) is 12.5. The molecule has 1 heterocycles. The Balaban J connectivity index is 2.14. The van der Waals surface area contributed by atoms with Crippen molar-refractivity contribution in [3.05, 3.63) is 45.9 Å². The molecule has 4 nitrogen and oxygen atoms in total. The number of aromatic amines is 1. The number of para-hydroxylation sites is 2. The molecule has 0 spiro atoms. The number of H-pyrrole nitrogens is 1. The minimum Gasteiger partial charge on any atom is -0.494 e. The van der Waals surface area contributed by atoms with Gasteiger partial charge in [-0.25, -0.2) is 4.68 Å². The van der Waals surface area contributed by atoms with Gasteiger partial charge in [0.1, 0.15) is 11.4 Å². The van der Waals surface area contributed by atoms with E-state index >= 15 is 0 Å². The van der Waals surface area contributed by atoms with Crippen LogP contribution in [0.4, 0.5) is 0 Å². The van der Waals surface area contributed by atoms with E-state index in [2.05, 4.69) is 5.10 Å². The Kier molecular flexibility index (Phi) is 3.15. The minimum absolute atomic E-state index is 0.0707. The van der Waals surface area contributed by atoms with Crippen molar-refractivity contribution in [3.63, 3.8) is 0 Å². The molecule has 0 unspecified atom stereocenters. The summed E-state index contributed by atoms with van der Waals surface area (Å²) >= 11 is 0. The van der Waals surface area contributed by atoms with Gasteiger partial charge in [0, 0.05) is 11.3 Å². The van der Waals surface area contributed by atoms with Gasteiger partial charge in [-0.2, -0.15) is 0 Å². The number of ether oxygens (including phenoxy) is 1. The van der Waals surface area contributed by atoms with Gasteiger partial charge in [-0.3, -0.25) is 9.89 Å². The minimum atomic E-state index is 0.0707. The highest BCUT2D eigenvalue weighted by atomic mass is 16.5. The van der Waals surface area contributed by atoms with E-state index in [0.717, 1.165) is 42.6 Å². The van der Waals surface area contributed by atoms with Crippen LogP contribution in [0.1, 0.15) is 30.5 Å². The molecule has 0 saturated heterocycles. The van der Waals surface area contributed by atoms with Crippen LogP contribution >= 0.6 is 0 Å². The Bertz CT molecular complexity index is 640. The smallest absolute Gasteiger partial charge is 0.274 e. The first-order valence-corrected chi connectivity index (χ1v) is 6.77. The Labute approximate surface area is 112 Å². The SMILES string of the molecule is COc1ccccc1-n1[nH]c2c(c1=O)CCCCC2. The topological polar surface area (TPSA) is 47.0 Å². The van der Waals surface area contributed by atoms with Crippen molar-refractivity contribution >= 4 is 0 Å². The molecule has 4 heteroatoms. The second-order valence-corrected chi connectivity index (χ2v) is 4.94. The Morgan fingerprint density at radius 3 is 2.79 bits per heavy atom. The Morgan fingerprint density at radius 1 is 1.16 bits per heavy atom. The van der Waals surface area contributed by atoms with E-state index in [-0.39, 0.29) is 5.56 Å². The lowest BCUT2D eigenvalue weighted by Crippen LogP contribution is -2.18. The number of fused-ring (bicyclic) bond motifs is 1. The molecule has 0 amide bonds. The van der Waals surface area contributed by atoms with Crippen molar-refractivity contribution in [2.75, 3.05) is 7.11 Å². The van der Waals surface area contributed by atoms with Crippen molar-refractivity contribution in [1.82, 2.24) is 9.78 Å². The Morgan fingerprint density at radius 2 is 1.95 bits per heavy atom. The first-order chi connectivity index (χ1) is 9.31. The van der Waals surface area contributed by atoms with Gasteiger partial charge < -0.3 is 4.74 Å². The lowest BCUT2D eigenvalue weighted by atomic mass is 10.1. The van der Waals surface area contributed by atoms with Crippen LogP contribution < -0.4 is 10.3 Å². The second kappa shape index (κ2) is 4.96. The van der Waals surface area contributed by atoms with Gasteiger partial charge in [-0.15, -0.1) is 0 Å². The number of hydrogen-bond acceptors (Lipinski definition) is 2. The number of rotatable bonds is 2. The fourth-order valence-electron chi connectivity index (χ4n) is 2.75. The summed E-state index contributed by atoms with van der Waals surface area (Å²) in [5, 5.41) is 3.26. The third-order valence-corrected chi connectivity index (χ3v) is 3.75. The number of nitrogens with one attached hydrogen (secondary N) is 1. The largest absolute Gasteiger partial charge is 0.494 e. The zero-order valence-electron chi connectivity index (χ0n) is 11.1. The summed E-state index contributed by atoms with van der Waals surface area (Å²) in [6.07, 6.45) is 5.31. The van der Waals surface area contributed by atoms with Gasteiger partial charge in [0.05, 0.1) is 7.11 Å². The van der Waals surface area contributed by atoms with Crippen molar-refractivity contribution in [3.8, 4) is 11.4 Å². The molecular weight excluding hydrogens is 240 g/mol. The number of aromatic nitrogens is 2. The maximum absolute atomic E-state index is 12.5. The molecule has 1 aliphatic carbocycles. The highest BCUT2D eigenvalue weighted by molar-refractivity contribution is 5.46. The van der Waals surface area contributed by atoms with Crippen LogP contribution in [-0.4, -0.2) is 16.9 Å². The molecule has 0 atom stereocenters. The highest BCUT2D eigenvalue weighted by Crippen LogP contribution is 2.22. The average molecular weight is 258 g/mol. The summed E-state index contributed by atoms with van der Waals surface area (Å²) in [5.74, 6) is 0.709. The molecule has 0 bridgehead atoms. The van der Waals surface area contributed by atoms with E-state index in [1.165, 1.54) is 6.42 Å². The van der Waals surface area contributed by atoms with Gasteiger partial charge in [0.25, 0.3) is 5.56 Å². The normalized spacial score (nSPS) is 14.8. The molecule has 3 rings (SSSR count). The predicted molar refractivity (Wildman–Crippen MR) is 74.2 cm³/mol. The van der Waals surface area contributed by atoms with Crippen molar-refractivity contribution in [2.24, 2.45) is 0 Å². The first-order valence-electron chi connectivity index (χ1n) is 6.77. The van der Waals surface area contributed by atoms with E-state index in [4.69, 9.17) is 4.74 Å². The van der Waals surface area contributed by atoms with Crippen LogP contribution in [0, 0.1) is 0 Å². The first kappa shape index (κ1) is 12.1. The van der Waals surface area contributed by atoms with E-state index in [1.807, 2.05) is 24.3 Å². The maximum atomic E-state index is 12.5. The second-order valence-electron chi connectivity index (χ2n) is 4.94. The fourth-order valence-corrected chi connectivity index (χ4v) is 2.75. The molecule has 0 fully saturated rings. The quantitative estimate of drug-likeness (QED) is 0.841. The number of hydrogen-bond donors (Lipinski definition) is 1. The van der Waals surface area contributed by atoms with Crippen LogP contribution in [-0.2, 0) is 12.8 Å². The van der Waals surface area contributed by atoms with E-state index in [9.17, 15) is 4.79 Å². The van der Waals surface area contributed by atoms with Crippen molar-refractivity contribution < 1.29 is 4.74 Å². The number of aryl methyl sites for hydroxylation is 1. The van der Waals surface area contributed by atoms with Crippen LogP contribution in [0.2, 0.25) is 0 Å². The van der Waals surface area contributed by atoms with Crippen molar-refractivity contribution in [2.45, 2.75) is 32.1 Å². The van der Waals surface area contributed by atoms with E-state index < -0.39 is 0 Å². The molecule has 2 aromatic rings. The number of methoxy groups -OCH3 is 1. The summed E-state index contributed by atoms with van der Waals surface area (Å²) in [6, 6.07) is 7.58. The zero-order chi connectivity index (χ0) is 13.2. The van der Waals surface area contributed by atoms with E-state index in [0.29, 0.717) is 5.75 Å². The van der Waals surface area contributed by atoms with Gasteiger partial charge in [-0.05, 0) is 37.8 Å². The molecule has 100 valence electrons. The summed E-state index contributed by atoms with van der Waals surface area (Å²) in [6.45, 7) is 0. The van der Waals surface area contributed by atoms with E-state index in [1.54, 1.807) is 11.8 Å². The Hall–Kier alpha value is -1.97. The van der Waals surface area contributed by atoms with Crippen LogP contribution in [0.5, 0.6) is 5.75 Å². The molecule has 19 heavy (non-hydrogen) atoms. The molecule has 0 aliphatic heterocycles. The molecule has 1 aliphatic rings. The molecule has 1 N–H and O–H groups in total. The van der Waals surface area contributed by atoms with Gasteiger partial charge in [-0.1, -0.05) is 18.6 Å². The van der Waals surface area contributed by atoms with Gasteiger partial charge in [0.15, 0.2) is 0 Å². The fraction of sp³-hybridized carbons (Fsp3) is 0.400. The predicted octanol–water partition coefficient (Wildman–Crippen LogP) is 2.44. The number of nitrogens with zero attached hydrogens (tertiary/aromatic N) is 1. The molecule has 0 saturated carbocycles. The lowest BCUT2D eigenvalue weighted by molar-refractivity contribution is 0.411. The summed E-state index contributed by atoms with van der Waals surface area (Å²) < 4.78 is 6.95. The maximum Gasteiger partial charge on any atom is 0.274 e. The highest BCUT2D eigenvalue weighted by Gasteiger charge is 2.18. The van der Waals surface area contributed by atoms with Gasteiger partial charge in [0.2, 0.25) is 0 Å². The standard InChI is InChI=1S/C15H18N2O2/c1-19-14-10-6-5-9-13(14)17-15(18)11-7-3-2-4-8-12(11)16-17/h5-6,9-10,16H,2-4,7-8H2,1H3. The van der Waals surface area contributed by atoms with Crippen LogP contribution in [0.15, 0.2) is 29.1 Å². The number of benzene rings is 1. The molecule has 1 aromatic carbocycles. The summed E-state index contributed by atoms with van der Waals surface area (Å²) in [7, 11) is 1.62.